The van der Waals surface area contributed by atoms with E-state index in [9.17, 15) is 4.79 Å². The van der Waals surface area contributed by atoms with E-state index < -0.39 is 6.09 Å². The Morgan fingerprint density at radius 3 is 2.70 bits per heavy atom. The van der Waals surface area contributed by atoms with Gasteiger partial charge < -0.3 is 14.8 Å². The molecule has 162 valence electrons. The highest BCUT2D eigenvalue weighted by Gasteiger charge is 2.30. The van der Waals surface area contributed by atoms with Crippen molar-refractivity contribution >= 4 is 17.0 Å². The van der Waals surface area contributed by atoms with Crippen LogP contribution in [0.1, 0.15) is 40.8 Å². The first kappa shape index (κ1) is 21.6. The van der Waals surface area contributed by atoms with Crippen molar-refractivity contribution in [1.82, 2.24) is 29.9 Å². The normalized spacial score (nSPS) is 17.4. The summed E-state index contributed by atoms with van der Waals surface area (Å²) in [6, 6.07) is 1.95. The molecule has 0 radical (unpaired) electrons. The summed E-state index contributed by atoms with van der Waals surface area (Å²) < 4.78 is 15.2. The maximum atomic E-state index is 11.4. The number of nitrogens with zero attached hydrogens (tertiary/aromatic N) is 5. The molecule has 9 nitrogen and oxygen atoms in total. The van der Waals surface area contributed by atoms with Crippen LogP contribution in [0, 0.1) is 6.92 Å². The highest BCUT2D eigenvalue weighted by Crippen LogP contribution is 2.32. The predicted molar refractivity (Wildman–Crippen MR) is 115 cm³/mol. The molecule has 0 spiro atoms. The van der Waals surface area contributed by atoms with E-state index in [2.05, 4.69) is 36.3 Å². The molecule has 9 heteroatoms. The molecule has 4 rings (SSSR count). The molecule has 3 aromatic heterocycles. The van der Waals surface area contributed by atoms with Crippen molar-refractivity contribution in [1.29, 1.82) is 0 Å². The lowest BCUT2D eigenvalue weighted by atomic mass is 10.1. The Bertz CT molecular complexity index is 1080. The van der Waals surface area contributed by atoms with Crippen LogP contribution in [0.2, 0.25) is 0 Å². The molecule has 0 aromatic carbocycles. The third kappa shape index (κ3) is 3.83. The molecule has 1 fully saturated rings. The summed E-state index contributed by atoms with van der Waals surface area (Å²) in [7, 11) is 1.89. The quantitative estimate of drug-likeness (QED) is 0.703. The molecular weight excluding hydrogens is 384 g/mol. The summed E-state index contributed by atoms with van der Waals surface area (Å²) >= 11 is 0. The standard InChI is InChI=1S/C20H26N6O3.CH4/c1-11-17-15(24-25(11)6)7-14(13-8-22-26(10-13)20(3,4)5)23-18(17)28-12(2)16-9-21-19(27)29-16;/h7-8,10,12,16H,9H2,1-6H3,(H,21,27);1H4/t12-,16-;/m1./s1. The Balaban J connectivity index is 0.00000256. The molecule has 0 saturated carbocycles. The number of fused-ring (bicyclic) bond motifs is 1. The highest BCUT2D eigenvalue weighted by atomic mass is 16.6. The van der Waals surface area contributed by atoms with Gasteiger partial charge in [-0.25, -0.2) is 9.78 Å². The van der Waals surface area contributed by atoms with Crippen molar-refractivity contribution < 1.29 is 14.3 Å². The zero-order valence-electron chi connectivity index (χ0n) is 17.6. The molecule has 1 aliphatic rings. The molecule has 30 heavy (non-hydrogen) atoms. The van der Waals surface area contributed by atoms with E-state index in [0.717, 1.165) is 27.9 Å². The molecule has 2 atom stereocenters. The average Bonchev–Trinajstić information content (AvgIpc) is 3.34. The van der Waals surface area contributed by atoms with E-state index in [4.69, 9.17) is 14.5 Å². The number of aromatic nitrogens is 5. The van der Waals surface area contributed by atoms with Gasteiger partial charge in [-0.3, -0.25) is 9.36 Å². The lowest BCUT2D eigenvalue weighted by Crippen LogP contribution is -2.32. The van der Waals surface area contributed by atoms with Crippen LogP contribution in [-0.4, -0.2) is 49.4 Å². The zero-order valence-corrected chi connectivity index (χ0v) is 17.6. The minimum Gasteiger partial charge on any atom is -0.470 e. The first-order chi connectivity index (χ1) is 13.6. The lowest BCUT2D eigenvalue weighted by molar-refractivity contribution is 0.0564. The molecule has 0 unspecified atom stereocenters. The summed E-state index contributed by atoms with van der Waals surface area (Å²) in [5.41, 5.74) is 3.23. The first-order valence-corrected chi connectivity index (χ1v) is 9.64. The van der Waals surface area contributed by atoms with Crippen LogP contribution >= 0.6 is 0 Å². The van der Waals surface area contributed by atoms with Gasteiger partial charge in [0.2, 0.25) is 5.88 Å². The number of cyclic esters (lactones) is 1. The third-order valence-electron chi connectivity index (χ3n) is 5.16. The Morgan fingerprint density at radius 2 is 2.10 bits per heavy atom. The number of nitrogens with one attached hydrogen (secondary N) is 1. The van der Waals surface area contributed by atoms with Crippen molar-refractivity contribution in [2.75, 3.05) is 6.54 Å². The minimum atomic E-state index is -0.426. The van der Waals surface area contributed by atoms with Crippen molar-refractivity contribution in [3.05, 3.63) is 24.2 Å². The number of alkyl carbamates (subject to hydrolysis) is 1. The fourth-order valence-electron chi connectivity index (χ4n) is 3.30. The highest BCUT2D eigenvalue weighted by molar-refractivity contribution is 5.89. The van der Waals surface area contributed by atoms with E-state index in [1.54, 1.807) is 6.20 Å². The summed E-state index contributed by atoms with van der Waals surface area (Å²) in [4.78, 5) is 16.2. The van der Waals surface area contributed by atoms with Gasteiger partial charge in [-0.2, -0.15) is 10.2 Å². The second-order valence-corrected chi connectivity index (χ2v) is 8.41. The lowest BCUT2D eigenvalue weighted by Gasteiger charge is -2.19. The Hall–Kier alpha value is -3.10. The monoisotopic (exact) mass is 414 g/mol. The van der Waals surface area contributed by atoms with Crippen LogP contribution in [0.4, 0.5) is 4.79 Å². The van der Waals surface area contributed by atoms with Crippen LogP contribution in [0.25, 0.3) is 22.2 Å². The van der Waals surface area contributed by atoms with Gasteiger partial charge in [-0.15, -0.1) is 0 Å². The maximum Gasteiger partial charge on any atom is 0.407 e. The van der Waals surface area contributed by atoms with Gasteiger partial charge in [-0.1, -0.05) is 7.43 Å². The van der Waals surface area contributed by atoms with Crippen LogP contribution < -0.4 is 10.1 Å². The zero-order chi connectivity index (χ0) is 20.9. The number of aryl methyl sites for hydroxylation is 2. The SMILES string of the molecule is C.Cc1c2c(O[C@H](C)[C@H]3CNC(=O)O3)nc(-c3cnn(C(C)(C)C)c3)cc2nn1C. The van der Waals surface area contributed by atoms with Gasteiger partial charge in [-0.05, 0) is 40.7 Å². The molecule has 0 aliphatic carbocycles. The van der Waals surface area contributed by atoms with Crippen molar-refractivity contribution in [2.24, 2.45) is 7.05 Å². The van der Waals surface area contributed by atoms with E-state index in [-0.39, 0.29) is 25.2 Å². The largest absolute Gasteiger partial charge is 0.470 e. The second-order valence-electron chi connectivity index (χ2n) is 8.41. The fraction of sp³-hybridized carbons (Fsp3) is 0.524. The number of pyridine rings is 1. The number of carbonyl (C=O) groups is 1. The van der Waals surface area contributed by atoms with E-state index in [0.29, 0.717) is 12.4 Å². The van der Waals surface area contributed by atoms with Crippen molar-refractivity contribution in [3.8, 4) is 17.1 Å². The summed E-state index contributed by atoms with van der Waals surface area (Å²) in [6.07, 6.45) is 2.61. The third-order valence-corrected chi connectivity index (χ3v) is 5.16. The Labute approximate surface area is 176 Å². The van der Waals surface area contributed by atoms with Gasteiger partial charge in [0.25, 0.3) is 0 Å². The van der Waals surface area contributed by atoms with Crippen LogP contribution in [0.15, 0.2) is 18.5 Å². The average molecular weight is 415 g/mol. The number of ether oxygens (including phenoxy) is 2. The van der Waals surface area contributed by atoms with Gasteiger partial charge in [0.15, 0.2) is 6.10 Å². The molecule has 4 heterocycles. The van der Waals surface area contributed by atoms with E-state index in [1.165, 1.54) is 0 Å². The van der Waals surface area contributed by atoms with Crippen LogP contribution in [0.5, 0.6) is 5.88 Å². The van der Waals surface area contributed by atoms with Crippen molar-refractivity contribution in [2.45, 2.75) is 59.8 Å². The summed E-state index contributed by atoms with van der Waals surface area (Å²) in [5.74, 6) is 0.474. The van der Waals surface area contributed by atoms with E-state index in [1.807, 2.05) is 42.5 Å². The smallest absolute Gasteiger partial charge is 0.407 e. The predicted octanol–water partition coefficient (Wildman–Crippen LogP) is 3.41. The Kier molecular flexibility index (Phi) is 5.49. The van der Waals surface area contributed by atoms with Gasteiger partial charge in [0.05, 0.1) is 29.4 Å². The van der Waals surface area contributed by atoms with Crippen LogP contribution in [-0.2, 0) is 17.3 Å². The summed E-state index contributed by atoms with van der Waals surface area (Å²) in [6.45, 7) is 10.5. The first-order valence-electron chi connectivity index (χ1n) is 9.64. The summed E-state index contributed by atoms with van der Waals surface area (Å²) in [5, 5.41) is 12.6. The number of hydrogen-bond donors (Lipinski definition) is 1. The Morgan fingerprint density at radius 1 is 1.37 bits per heavy atom. The fourth-order valence-corrected chi connectivity index (χ4v) is 3.30. The molecule has 0 bridgehead atoms. The van der Waals surface area contributed by atoms with Crippen molar-refractivity contribution in [3.63, 3.8) is 0 Å². The second kappa shape index (κ2) is 7.62. The van der Waals surface area contributed by atoms with Gasteiger partial charge in [0.1, 0.15) is 11.6 Å². The topological polar surface area (TPSA) is 96.1 Å². The van der Waals surface area contributed by atoms with Gasteiger partial charge in [0, 0.05) is 24.5 Å². The van der Waals surface area contributed by atoms with Gasteiger partial charge >= 0.3 is 6.09 Å². The number of amides is 1. The minimum absolute atomic E-state index is 0. The molecule has 3 aromatic rings. The van der Waals surface area contributed by atoms with E-state index >= 15 is 0 Å². The number of rotatable bonds is 4. The number of hydrogen-bond acceptors (Lipinski definition) is 6. The maximum absolute atomic E-state index is 11.4. The molecule has 1 saturated heterocycles. The molecule has 1 aliphatic heterocycles. The molecule has 1 N–H and O–H groups in total. The number of carbonyl (C=O) groups excluding carboxylic acids is 1. The molecule has 1 amide bonds. The molecular formula is C21H30N6O3. The van der Waals surface area contributed by atoms with Crippen LogP contribution in [0.3, 0.4) is 0 Å².